The van der Waals surface area contributed by atoms with Gasteiger partial charge in [0, 0.05) is 5.75 Å². The lowest BCUT2D eigenvalue weighted by Crippen LogP contribution is -1.85. The Hall–Kier alpha value is -0.240. The lowest BCUT2D eigenvalue weighted by molar-refractivity contribution is 1.39. The molecule has 1 aliphatic rings. The van der Waals surface area contributed by atoms with Gasteiger partial charge in [0.05, 0.1) is 4.99 Å². The molecule has 0 N–H and O–H groups in total. The number of thioether (sulfide) groups is 1. The van der Waals surface area contributed by atoms with Crippen LogP contribution >= 0.6 is 11.8 Å². The maximum absolute atomic E-state index is 3.83. The molecule has 0 atom stereocenters. The van der Waals surface area contributed by atoms with Gasteiger partial charge in [-0.2, -0.15) is 0 Å². The first-order valence-electron chi connectivity index (χ1n) is 1.78. The van der Waals surface area contributed by atoms with Crippen LogP contribution in [0.3, 0.4) is 0 Å². The molecule has 6 heavy (non-hydrogen) atoms. The largest absolute Gasteiger partial charge is 0.276 e. The summed E-state index contributed by atoms with van der Waals surface area (Å²) >= 11 is 1.72. The Bertz CT molecular complexity index is 73.5. The second-order valence-electron chi connectivity index (χ2n) is 0.973. The van der Waals surface area contributed by atoms with Crippen molar-refractivity contribution in [1.82, 2.24) is 4.99 Å². The lowest BCUT2D eigenvalue weighted by Gasteiger charge is -1.76. The third-order valence-corrected chi connectivity index (χ3v) is 1.18. The van der Waals surface area contributed by atoms with Gasteiger partial charge >= 0.3 is 0 Å². The Morgan fingerprint density at radius 3 is 2.83 bits per heavy atom. The van der Waals surface area contributed by atoms with Gasteiger partial charge in [-0.05, 0) is 6.08 Å². The van der Waals surface area contributed by atoms with Crippen LogP contribution in [-0.4, -0.2) is 11.3 Å². The van der Waals surface area contributed by atoms with Crippen molar-refractivity contribution in [2.45, 2.75) is 0 Å². The summed E-state index contributed by atoms with van der Waals surface area (Å²) in [5.74, 6) is 1.09. The van der Waals surface area contributed by atoms with Gasteiger partial charge in [0.1, 0.15) is 0 Å². The first-order chi connectivity index (χ1) is 3.00. The molecule has 0 aromatic rings. The maximum Gasteiger partial charge on any atom is 0.276 e. The molecule has 1 radical (unpaired) electrons. The minimum Gasteiger partial charge on any atom is -0.0541 e. The highest BCUT2D eigenvalue weighted by Gasteiger charge is 1.91. The standard InChI is InChI=1S/C4H5NS/c1-2-5-4-6-3-1/h1-2,4H,3H2/q+1. The molecule has 0 saturated heterocycles. The topological polar surface area (TPSA) is 14.1 Å². The third-order valence-electron chi connectivity index (χ3n) is 0.519. The summed E-state index contributed by atoms with van der Waals surface area (Å²) in [6, 6.07) is 0. The van der Waals surface area contributed by atoms with E-state index in [-0.39, 0.29) is 0 Å². The summed E-state index contributed by atoms with van der Waals surface area (Å²) in [7, 11) is 0. The lowest BCUT2D eigenvalue weighted by atomic mass is 10.7. The zero-order chi connectivity index (χ0) is 4.24. The Kier molecular flexibility index (Phi) is 1.33. The van der Waals surface area contributed by atoms with Crippen LogP contribution in [0.2, 0.25) is 0 Å². The van der Waals surface area contributed by atoms with Crippen molar-refractivity contribution in [1.29, 1.82) is 0 Å². The molecule has 1 heterocycles. The van der Waals surface area contributed by atoms with E-state index in [0.29, 0.717) is 0 Å². The Morgan fingerprint density at radius 2 is 2.67 bits per heavy atom. The SMILES string of the molecule is C1=C[N+]=CSC1. The summed E-state index contributed by atoms with van der Waals surface area (Å²) in [5.41, 5.74) is 1.85. The summed E-state index contributed by atoms with van der Waals surface area (Å²) < 4.78 is 0. The van der Waals surface area contributed by atoms with Crippen LogP contribution in [0.4, 0.5) is 0 Å². The molecule has 0 bridgehead atoms. The van der Waals surface area contributed by atoms with Gasteiger partial charge in [-0.3, -0.25) is 0 Å². The Morgan fingerprint density at radius 1 is 1.67 bits per heavy atom. The predicted molar refractivity (Wildman–Crippen MR) is 29.8 cm³/mol. The second kappa shape index (κ2) is 2.03. The van der Waals surface area contributed by atoms with Gasteiger partial charge in [0.2, 0.25) is 6.20 Å². The zero-order valence-corrected chi connectivity index (χ0v) is 4.11. The van der Waals surface area contributed by atoms with Crippen LogP contribution in [0.15, 0.2) is 12.3 Å². The molecule has 0 saturated carbocycles. The van der Waals surface area contributed by atoms with Crippen molar-refractivity contribution >= 4 is 17.3 Å². The van der Waals surface area contributed by atoms with Crippen LogP contribution in [0, 0.1) is 0 Å². The van der Waals surface area contributed by atoms with Crippen molar-refractivity contribution < 1.29 is 0 Å². The van der Waals surface area contributed by atoms with E-state index < -0.39 is 0 Å². The normalized spacial score (nSPS) is 18.7. The van der Waals surface area contributed by atoms with E-state index in [4.69, 9.17) is 0 Å². The average molecular weight is 99.2 g/mol. The molecule has 2 heteroatoms. The molecule has 1 rings (SSSR count). The molecule has 0 aromatic carbocycles. The van der Waals surface area contributed by atoms with E-state index in [2.05, 4.69) is 4.99 Å². The first kappa shape index (κ1) is 3.93. The monoisotopic (exact) mass is 99.0 g/mol. The van der Waals surface area contributed by atoms with Gasteiger partial charge in [0.25, 0.3) is 5.55 Å². The minimum atomic E-state index is 1.09. The molecule has 0 unspecified atom stereocenters. The summed E-state index contributed by atoms with van der Waals surface area (Å²) in [4.78, 5) is 3.83. The number of aliphatic imine (C=N–C) groups is 1. The molecule has 1 nitrogen and oxygen atoms in total. The van der Waals surface area contributed by atoms with Gasteiger partial charge in [-0.15, -0.1) is 0 Å². The first-order valence-corrected chi connectivity index (χ1v) is 2.83. The highest BCUT2D eigenvalue weighted by molar-refractivity contribution is 8.12. The molecule has 1 aliphatic heterocycles. The maximum atomic E-state index is 3.83. The van der Waals surface area contributed by atoms with Crippen molar-refractivity contribution in [2.24, 2.45) is 0 Å². The Balaban J connectivity index is 2.46. The summed E-state index contributed by atoms with van der Waals surface area (Å²) in [6.45, 7) is 0. The van der Waals surface area contributed by atoms with E-state index >= 15 is 0 Å². The second-order valence-corrected chi connectivity index (χ2v) is 1.85. The minimum absolute atomic E-state index is 1.09. The zero-order valence-electron chi connectivity index (χ0n) is 3.29. The molecule has 0 fully saturated rings. The molecule has 0 aliphatic carbocycles. The van der Waals surface area contributed by atoms with Gasteiger partial charge in [-0.25, -0.2) is 0 Å². The molecular formula is C4H5NS+. The fourth-order valence-corrected chi connectivity index (χ4v) is 0.720. The highest BCUT2D eigenvalue weighted by Crippen LogP contribution is 1.94. The molecule has 0 spiro atoms. The highest BCUT2D eigenvalue weighted by atomic mass is 32.2. The number of rotatable bonds is 0. The van der Waals surface area contributed by atoms with Crippen LogP contribution in [0.5, 0.6) is 0 Å². The molecule has 31 valence electrons. The fourth-order valence-electron chi connectivity index (χ4n) is 0.281. The number of nitrogens with zero attached hydrogens (tertiary/aromatic N) is 1. The van der Waals surface area contributed by atoms with E-state index in [1.165, 1.54) is 0 Å². The van der Waals surface area contributed by atoms with Crippen LogP contribution in [-0.2, 0) is 0 Å². The molecule has 0 aromatic heterocycles. The number of hydrogen-bond donors (Lipinski definition) is 0. The predicted octanol–water partition coefficient (Wildman–Crippen LogP) is 0.611. The molecule has 0 amide bonds. The smallest absolute Gasteiger partial charge is 0.0541 e. The average Bonchev–Trinajstić information content (AvgIpc) is 1.72. The number of hydrogen-bond acceptors (Lipinski definition) is 2. The molecular weight excluding hydrogens is 94.1 g/mol. The van der Waals surface area contributed by atoms with E-state index in [9.17, 15) is 0 Å². The van der Waals surface area contributed by atoms with Crippen molar-refractivity contribution in [3.8, 4) is 0 Å². The summed E-state index contributed by atoms with van der Waals surface area (Å²) in [6.07, 6.45) is 3.85. The van der Waals surface area contributed by atoms with Crippen molar-refractivity contribution in [3.63, 3.8) is 0 Å². The van der Waals surface area contributed by atoms with Crippen LogP contribution < -0.4 is 4.99 Å². The van der Waals surface area contributed by atoms with E-state index in [1.807, 2.05) is 17.8 Å². The quantitative estimate of drug-likeness (QED) is 0.434. The van der Waals surface area contributed by atoms with Crippen molar-refractivity contribution in [3.05, 3.63) is 12.3 Å². The van der Waals surface area contributed by atoms with Crippen molar-refractivity contribution in [2.75, 3.05) is 5.75 Å². The fraction of sp³-hybridized carbons (Fsp3) is 0.250. The van der Waals surface area contributed by atoms with Crippen LogP contribution in [0.1, 0.15) is 0 Å². The van der Waals surface area contributed by atoms with E-state index in [0.717, 1.165) is 5.75 Å². The van der Waals surface area contributed by atoms with Gasteiger partial charge in [-0.1, -0.05) is 11.8 Å². The van der Waals surface area contributed by atoms with E-state index in [1.54, 1.807) is 11.8 Å². The van der Waals surface area contributed by atoms with Crippen LogP contribution in [0.25, 0.3) is 0 Å². The Labute approximate surface area is 41.2 Å². The van der Waals surface area contributed by atoms with Gasteiger partial charge in [0.15, 0.2) is 0 Å². The van der Waals surface area contributed by atoms with Gasteiger partial charge < -0.3 is 0 Å². The summed E-state index contributed by atoms with van der Waals surface area (Å²) in [5, 5.41) is 0. The third kappa shape index (κ3) is 0.863.